The van der Waals surface area contributed by atoms with Crippen LogP contribution in [0.4, 0.5) is 0 Å². The summed E-state index contributed by atoms with van der Waals surface area (Å²) in [5, 5.41) is 9.60. The Morgan fingerprint density at radius 2 is 2.38 bits per heavy atom. The van der Waals surface area contributed by atoms with E-state index in [0.717, 1.165) is 5.76 Å². The van der Waals surface area contributed by atoms with Gasteiger partial charge in [0.2, 0.25) is 0 Å². The Balaban J connectivity index is 2.06. The van der Waals surface area contributed by atoms with Crippen LogP contribution < -0.4 is 0 Å². The average molecular weight is 223 g/mol. The fourth-order valence-electron chi connectivity index (χ4n) is 2.06. The van der Waals surface area contributed by atoms with Crippen molar-refractivity contribution in [3.63, 3.8) is 0 Å². The molecule has 0 aromatic carbocycles. The lowest BCUT2D eigenvalue weighted by atomic mass is 9.96. The lowest BCUT2D eigenvalue weighted by Crippen LogP contribution is -2.44. The van der Waals surface area contributed by atoms with Gasteiger partial charge in [0, 0.05) is 13.1 Å². The lowest BCUT2D eigenvalue weighted by Gasteiger charge is -2.34. The van der Waals surface area contributed by atoms with E-state index >= 15 is 0 Å². The molecule has 0 saturated carbocycles. The highest BCUT2D eigenvalue weighted by molar-refractivity contribution is 5.94. The molecular weight excluding hydrogens is 206 g/mol. The van der Waals surface area contributed by atoms with Gasteiger partial charge in [0.25, 0.3) is 5.91 Å². The number of carbonyl (C=O) groups excluding carboxylic acids is 1. The maximum Gasteiger partial charge on any atom is 0.257 e. The van der Waals surface area contributed by atoms with E-state index in [4.69, 9.17) is 4.42 Å². The summed E-state index contributed by atoms with van der Waals surface area (Å²) in [7, 11) is 0. The molecule has 1 aromatic heterocycles. The number of amides is 1. The molecule has 0 radical (unpaired) electrons. The topological polar surface area (TPSA) is 53.7 Å². The molecule has 1 aliphatic heterocycles. The van der Waals surface area contributed by atoms with E-state index in [1.807, 2.05) is 13.8 Å². The van der Waals surface area contributed by atoms with Gasteiger partial charge in [-0.05, 0) is 25.3 Å². The molecule has 1 N–H and O–H groups in total. The Hall–Kier alpha value is -1.29. The first kappa shape index (κ1) is 11.2. The molecule has 1 fully saturated rings. The highest BCUT2D eigenvalue weighted by atomic mass is 16.3. The molecule has 2 heterocycles. The van der Waals surface area contributed by atoms with Crippen molar-refractivity contribution in [3.05, 3.63) is 23.7 Å². The van der Waals surface area contributed by atoms with Crippen LogP contribution in [0, 0.1) is 12.8 Å². The van der Waals surface area contributed by atoms with Gasteiger partial charge < -0.3 is 14.4 Å². The van der Waals surface area contributed by atoms with Gasteiger partial charge in [0.1, 0.15) is 12.0 Å². The van der Waals surface area contributed by atoms with E-state index in [9.17, 15) is 9.90 Å². The fourth-order valence-corrected chi connectivity index (χ4v) is 2.06. The van der Waals surface area contributed by atoms with Gasteiger partial charge in [0.15, 0.2) is 0 Å². The van der Waals surface area contributed by atoms with Crippen molar-refractivity contribution in [2.75, 3.05) is 13.1 Å². The van der Waals surface area contributed by atoms with Gasteiger partial charge in [-0.15, -0.1) is 0 Å². The maximum atomic E-state index is 12.0. The molecular formula is C12H17NO3. The molecule has 0 bridgehead atoms. The van der Waals surface area contributed by atoms with E-state index in [0.29, 0.717) is 25.1 Å². The molecule has 1 aliphatic rings. The minimum atomic E-state index is -0.282. The molecule has 2 atom stereocenters. The number of aliphatic hydroxyl groups is 1. The Labute approximate surface area is 94.9 Å². The van der Waals surface area contributed by atoms with Crippen LogP contribution in [-0.2, 0) is 0 Å². The Bertz CT molecular complexity index is 385. The molecule has 1 saturated heterocycles. The largest absolute Gasteiger partial charge is 0.469 e. The van der Waals surface area contributed by atoms with E-state index in [-0.39, 0.29) is 17.9 Å². The number of furan rings is 1. The SMILES string of the molecule is Cc1cc(C(=O)N2CCC(O)C(C)C2)co1. The van der Waals surface area contributed by atoms with Gasteiger partial charge >= 0.3 is 0 Å². The zero-order valence-electron chi connectivity index (χ0n) is 9.64. The maximum absolute atomic E-state index is 12.0. The first-order chi connectivity index (χ1) is 7.58. The molecule has 2 rings (SSSR count). The monoisotopic (exact) mass is 223 g/mol. The van der Waals surface area contributed by atoms with Crippen LogP contribution in [0.15, 0.2) is 16.7 Å². The summed E-state index contributed by atoms with van der Waals surface area (Å²) in [4.78, 5) is 13.8. The lowest BCUT2D eigenvalue weighted by molar-refractivity contribution is 0.0297. The summed E-state index contributed by atoms with van der Waals surface area (Å²) in [5.41, 5.74) is 0.598. The second-order valence-electron chi connectivity index (χ2n) is 4.53. The number of hydrogen-bond acceptors (Lipinski definition) is 3. The average Bonchev–Trinajstić information content (AvgIpc) is 2.68. The third kappa shape index (κ3) is 2.11. The number of aliphatic hydroxyl groups excluding tert-OH is 1. The van der Waals surface area contributed by atoms with Gasteiger partial charge in [-0.1, -0.05) is 6.92 Å². The summed E-state index contributed by atoms with van der Waals surface area (Å²) in [6.07, 6.45) is 1.87. The quantitative estimate of drug-likeness (QED) is 0.783. The van der Waals surface area contributed by atoms with Crippen LogP contribution >= 0.6 is 0 Å². The zero-order chi connectivity index (χ0) is 11.7. The first-order valence-corrected chi connectivity index (χ1v) is 5.60. The predicted molar refractivity (Wildman–Crippen MR) is 59.1 cm³/mol. The predicted octanol–water partition coefficient (Wildman–Crippen LogP) is 1.43. The fraction of sp³-hybridized carbons (Fsp3) is 0.583. The van der Waals surface area contributed by atoms with Gasteiger partial charge in [-0.2, -0.15) is 0 Å². The Kier molecular flexibility index (Phi) is 3.01. The van der Waals surface area contributed by atoms with Crippen LogP contribution in [0.1, 0.15) is 29.5 Å². The van der Waals surface area contributed by atoms with Crippen molar-refractivity contribution >= 4 is 5.91 Å². The Morgan fingerprint density at radius 3 is 2.94 bits per heavy atom. The van der Waals surface area contributed by atoms with Crippen LogP contribution in [-0.4, -0.2) is 35.1 Å². The molecule has 88 valence electrons. The number of nitrogens with zero attached hydrogens (tertiary/aromatic N) is 1. The van der Waals surface area contributed by atoms with Crippen LogP contribution in [0.3, 0.4) is 0 Å². The summed E-state index contributed by atoms with van der Waals surface area (Å²) >= 11 is 0. The highest BCUT2D eigenvalue weighted by Gasteiger charge is 2.28. The number of rotatable bonds is 1. The van der Waals surface area contributed by atoms with E-state index in [2.05, 4.69) is 0 Å². The zero-order valence-corrected chi connectivity index (χ0v) is 9.64. The minimum Gasteiger partial charge on any atom is -0.469 e. The minimum absolute atomic E-state index is 0.00407. The molecule has 2 unspecified atom stereocenters. The molecule has 16 heavy (non-hydrogen) atoms. The van der Waals surface area contributed by atoms with Crippen LogP contribution in [0.5, 0.6) is 0 Å². The third-order valence-corrected chi connectivity index (χ3v) is 3.12. The molecule has 0 aliphatic carbocycles. The number of likely N-dealkylation sites (tertiary alicyclic amines) is 1. The van der Waals surface area contributed by atoms with Crippen LogP contribution in [0.25, 0.3) is 0 Å². The van der Waals surface area contributed by atoms with Crippen molar-refractivity contribution in [1.82, 2.24) is 4.90 Å². The molecule has 4 nitrogen and oxygen atoms in total. The summed E-state index contributed by atoms with van der Waals surface area (Å²) in [5.74, 6) is 0.884. The standard InChI is InChI=1S/C12H17NO3/c1-8-6-13(4-3-11(8)14)12(15)10-5-9(2)16-7-10/h5,7-8,11,14H,3-4,6H2,1-2H3. The second kappa shape index (κ2) is 4.29. The summed E-state index contributed by atoms with van der Waals surface area (Å²) < 4.78 is 5.13. The molecule has 4 heteroatoms. The third-order valence-electron chi connectivity index (χ3n) is 3.12. The molecule has 0 spiro atoms. The van der Waals surface area contributed by atoms with E-state index in [1.54, 1.807) is 11.0 Å². The van der Waals surface area contributed by atoms with Crippen molar-refractivity contribution in [2.24, 2.45) is 5.92 Å². The van der Waals surface area contributed by atoms with E-state index in [1.165, 1.54) is 6.26 Å². The normalized spacial score (nSPS) is 25.8. The molecule has 1 aromatic rings. The van der Waals surface area contributed by atoms with Crippen molar-refractivity contribution < 1.29 is 14.3 Å². The summed E-state index contributed by atoms with van der Waals surface area (Å²) in [6.45, 7) is 5.02. The van der Waals surface area contributed by atoms with Crippen molar-refractivity contribution in [2.45, 2.75) is 26.4 Å². The number of hydrogen-bond donors (Lipinski definition) is 1. The molecule has 1 amide bonds. The number of carbonyl (C=O) groups is 1. The smallest absolute Gasteiger partial charge is 0.257 e. The highest BCUT2D eigenvalue weighted by Crippen LogP contribution is 2.19. The number of piperidine rings is 1. The van der Waals surface area contributed by atoms with Crippen molar-refractivity contribution in [1.29, 1.82) is 0 Å². The Morgan fingerprint density at radius 1 is 1.62 bits per heavy atom. The van der Waals surface area contributed by atoms with Gasteiger partial charge in [-0.3, -0.25) is 4.79 Å². The van der Waals surface area contributed by atoms with Gasteiger partial charge in [-0.25, -0.2) is 0 Å². The summed E-state index contributed by atoms with van der Waals surface area (Å²) in [6, 6.07) is 1.75. The first-order valence-electron chi connectivity index (χ1n) is 5.60. The second-order valence-corrected chi connectivity index (χ2v) is 4.53. The number of aryl methyl sites for hydroxylation is 1. The van der Waals surface area contributed by atoms with E-state index < -0.39 is 0 Å². The van der Waals surface area contributed by atoms with Crippen molar-refractivity contribution in [3.8, 4) is 0 Å². The van der Waals surface area contributed by atoms with Crippen LogP contribution in [0.2, 0.25) is 0 Å². The van der Waals surface area contributed by atoms with Gasteiger partial charge in [0.05, 0.1) is 11.7 Å².